The van der Waals surface area contributed by atoms with Crippen LogP contribution in [0.1, 0.15) is 54.9 Å². The maximum atomic E-state index is 12.2. The van der Waals surface area contributed by atoms with E-state index in [4.69, 9.17) is 16.7 Å². The lowest BCUT2D eigenvalue weighted by Gasteiger charge is -2.39. The molecule has 1 aliphatic heterocycles. The normalized spacial score (nSPS) is 34.1. The summed E-state index contributed by atoms with van der Waals surface area (Å²) in [6.45, 7) is 4.12. The smallest absolute Gasteiger partial charge is 0.335 e. The van der Waals surface area contributed by atoms with E-state index in [9.17, 15) is 9.59 Å². The largest absolute Gasteiger partial charge is 0.478 e. The van der Waals surface area contributed by atoms with Crippen molar-refractivity contribution < 1.29 is 14.7 Å². The van der Waals surface area contributed by atoms with Crippen molar-refractivity contribution in [3.05, 3.63) is 34.3 Å². The minimum Gasteiger partial charge on any atom is -0.478 e. The summed E-state index contributed by atoms with van der Waals surface area (Å²) in [5, 5.41) is 12.6. The fourth-order valence-electron chi connectivity index (χ4n) is 4.13. The summed E-state index contributed by atoms with van der Waals surface area (Å²) >= 11 is 6.30. The second kappa shape index (κ2) is 5.27. The predicted octanol–water partition coefficient (Wildman–Crippen LogP) is 3.45. The number of carbonyl (C=O) groups excluding carboxylic acids is 1. The first-order chi connectivity index (χ1) is 10.3. The topological polar surface area (TPSA) is 66.4 Å². The van der Waals surface area contributed by atoms with Crippen LogP contribution in [-0.4, -0.2) is 23.0 Å². The van der Waals surface area contributed by atoms with Gasteiger partial charge in [-0.1, -0.05) is 24.6 Å². The van der Waals surface area contributed by atoms with E-state index in [1.165, 1.54) is 6.07 Å². The average Bonchev–Trinajstić information content (AvgIpc) is 2.69. The minimum atomic E-state index is -0.969. The molecule has 4 unspecified atom stereocenters. The molecule has 1 amide bonds. The first-order valence-electron chi connectivity index (χ1n) is 7.66. The van der Waals surface area contributed by atoms with Gasteiger partial charge in [-0.15, -0.1) is 0 Å². The number of amides is 1. The fraction of sp³-hybridized carbons (Fsp3) is 0.529. The van der Waals surface area contributed by atoms with Gasteiger partial charge in [0.15, 0.2) is 0 Å². The maximum absolute atomic E-state index is 12.2. The molecule has 22 heavy (non-hydrogen) atoms. The standard InChI is InChI=1S/C17H20ClNO3/c1-9-13-7-10(5-6-17(13,2)16(22)19-9)12-4-3-11(15(20)21)8-14(12)18/h3-4,8-10,13H,5-7H2,1-2H3,(H,19,22)(H,20,21). The summed E-state index contributed by atoms with van der Waals surface area (Å²) in [5.41, 5.74) is 0.935. The summed E-state index contributed by atoms with van der Waals surface area (Å²) < 4.78 is 0. The van der Waals surface area contributed by atoms with Crippen molar-refractivity contribution in [2.24, 2.45) is 11.3 Å². The second-order valence-corrected chi connectivity index (χ2v) is 7.21. The van der Waals surface area contributed by atoms with Gasteiger partial charge in [-0.05, 0) is 55.7 Å². The number of carbonyl (C=O) groups is 2. The first kappa shape index (κ1) is 15.3. The van der Waals surface area contributed by atoms with Gasteiger partial charge in [-0.2, -0.15) is 0 Å². The molecular weight excluding hydrogens is 302 g/mol. The van der Waals surface area contributed by atoms with E-state index in [1.54, 1.807) is 6.07 Å². The number of halogens is 1. The molecule has 4 atom stereocenters. The molecule has 2 aliphatic rings. The predicted molar refractivity (Wildman–Crippen MR) is 84.2 cm³/mol. The van der Waals surface area contributed by atoms with Gasteiger partial charge in [-0.3, -0.25) is 4.79 Å². The Balaban J connectivity index is 1.86. The zero-order valence-corrected chi connectivity index (χ0v) is 13.5. The van der Waals surface area contributed by atoms with Crippen molar-refractivity contribution in [1.29, 1.82) is 0 Å². The van der Waals surface area contributed by atoms with E-state index in [2.05, 4.69) is 19.2 Å². The molecule has 1 saturated carbocycles. The molecular formula is C17H20ClNO3. The fourth-order valence-corrected chi connectivity index (χ4v) is 4.46. The molecule has 2 fully saturated rings. The van der Waals surface area contributed by atoms with Gasteiger partial charge in [-0.25, -0.2) is 4.79 Å². The van der Waals surface area contributed by atoms with Crippen LogP contribution >= 0.6 is 11.6 Å². The van der Waals surface area contributed by atoms with Crippen LogP contribution in [0.4, 0.5) is 0 Å². The molecule has 4 nitrogen and oxygen atoms in total. The van der Waals surface area contributed by atoms with E-state index < -0.39 is 5.97 Å². The Labute approximate surface area is 134 Å². The summed E-state index contributed by atoms with van der Waals surface area (Å²) in [5.74, 6) is -0.225. The summed E-state index contributed by atoms with van der Waals surface area (Å²) in [7, 11) is 0. The Hall–Kier alpha value is -1.55. The van der Waals surface area contributed by atoms with Crippen LogP contribution in [0.2, 0.25) is 5.02 Å². The Kier molecular flexibility index (Phi) is 3.68. The van der Waals surface area contributed by atoms with Crippen LogP contribution in [0.15, 0.2) is 18.2 Å². The molecule has 1 saturated heterocycles. The van der Waals surface area contributed by atoms with Gasteiger partial charge in [0.2, 0.25) is 5.91 Å². The lowest BCUT2D eigenvalue weighted by Crippen LogP contribution is -2.36. The third kappa shape index (κ3) is 2.30. The van der Waals surface area contributed by atoms with E-state index >= 15 is 0 Å². The molecule has 2 N–H and O–H groups in total. The van der Waals surface area contributed by atoms with E-state index in [0.29, 0.717) is 10.9 Å². The van der Waals surface area contributed by atoms with Crippen molar-refractivity contribution in [1.82, 2.24) is 5.32 Å². The number of benzene rings is 1. The van der Waals surface area contributed by atoms with Crippen molar-refractivity contribution in [3.63, 3.8) is 0 Å². The molecule has 0 bridgehead atoms. The number of rotatable bonds is 2. The van der Waals surface area contributed by atoms with Gasteiger partial charge < -0.3 is 10.4 Å². The molecule has 5 heteroatoms. The molecule has 0 spiro atoms. The highest BCUT2D eigenvalue weighted by atomic mass is 35.5. The molecule has 1 heterocycles. The summed E-state index contributed by atoms with van der Waals surface area (Å²) in [4.78, 5) is 23.2. The Bertz CT molecular complexity index is 645. The van der Waals surface area contributed by atoms with Crippen molar-refractivity contribution in [2.45, 2.75) is 45.1 Å². The van der Waals surface area contributed by atoms with Gasteiger partial charge >= 0.3 is 5.97 Å². The SMILES string of the molecule is CC1NC(=O)C2(C)CCC(c3ccc(C(=O)O)cc3Cl)CC12. The molecule has 0 radical (unpaired) electrons. The highest BCUT2D eigenvalue weighted by Crippen LogP contribution is 2.52. The van der Waals surface area contributed by atoms with Crippen LogP contribution in [-0.2, 0) is 4.79 Å². The Morgan fingerprint density at radius 1 is 1.45 bits per heavy atom. The van der Waals surface area contributed by atoms with Gasteiger partial charge in [0.1, 0.15) is 0 Å². The quantitative estimate of drug-likeness (QED) is 0.876. The van der Waals surface area contributed by atoms with Crippen LogP contribution in [0, 0.1) is 11.3 Å². The summed E-state index contributed by atoms with van der Waals surface area (Å²) in [6, 6.07) is 5.14. The number of carboxylic acids is 1. The molecule has 1 aliphatic carbocycles. The average molecular weight is 322 g/mol. The zero-order chi connectivity index (χ0) is 16.1. The second-order valence-electron chi connectivity index (χ2n) is 6.80. The van der Waals surface area contributed by atoms with Crippen LogP contribution in [0.3, 0.4) is 0 Å². The van der Waals surface area contributed by atoms with Crippen LogP contribution in [0.25, 0.3) is 0 Å². The van der Waals surface area contributed by atoms with E-state index in [-0.39, 0.29) is 28.8 Å². The molecule has 118 valence electrons. The third-order valence-corrected chi connectivity index (χ3v) is 5.86. The Morgan fingerprint density at radius 3 is 2.82 bits per heavy atom. The maximum Gasteiger partial charge on any atom is 0.335 e. The monoisotopic (exact) mass is 321 g/mol. The number of aromatic carboxylic acids is 1. The van der Waals surface area contributed by atoms with E-state index in [1.807, 2.05) is 6.07 Å². The number of hydrogen-bond acceptors (Lipinski definition) is 2. The van der Waals surface area contributed by atoms with Crippen LogP contribution < -0.4 is 5.32 Å². The minimum absolute atomic E-state index is 0.163. The lowest BCUT2D eigenvalue weighted by molar-refractivity contribution is -0.129. The lowest BCUT2D eigenvalue weighted by atomic mass is 9.63. The number of hydrogen-bond donors (Lipinski definition) is 2. The highest BCUT2D eigenvalue weighted by Gasteiger charge is 2.52. The van der Waals surface area contributed by atoms with E-state index in [0.717, 1.165) is 24.8 Å². The van der Waals surface area contributed by atoms with Crippen molar-refractivity contribution >= 4 is 23.5 Å². The molecule has 0 aromatic heterocycles. The number of nitrogens with one attached hydrogen (secondary N) is 1. The Morgan fingerprint density at radius 2 is 2.18 bits per heavy atom. The van der Waals surface area contributed by atoms with Crippen molar-refractivity contribution in [2.75, 3.05) is 0 Å². The first-order valence-corrected chi connectivity index (χ1v) is 8.04. The van der Waals surface area contributed by atoms with Gasteiger partial charge in [0.05, 0.1) is 11.0 Å². The zero-order valence-electron chi connectivity index (χ0n) is 12.7. The van der Waals surface area contributed by atoms with Gasteiger partial charge in [0.25, 0.3) is 0 Å². The highest BCUT2D eigenvalue weighted by molar-refractivity contribution is 6.31. The number of carboxylic acid groups (broad SMARTS) is 1. The van der Waals surface area contributed by atoms with Crippen LogP contribution in [0.5, 0.6) is 0 Å². The van der Waals surface area contributed by atoms with Crippen molar-refractivity contribution in [3.8, 4) is 0 Å². The molecule has 1 aromatic carbocycles. The molecule has 1 aromatic rings. The molecule has 3 rings (SSSR count). The summed E-state index contributed by atoms with van der Waals surface area (Å²) in [6.07, 6.45) is 2.65. The third-order valence-electron chi connectivity index (χ3n) is 5.54. The van der Waals surface area contributed by atoms with Gasteiger partial charge in [0, 0.05) is 11.1 Å². The number of fused-ring (bicyclic) bond motifs is 1.